The van der Waals surface area contributed by atoms with Crippen LogP contribution in [0.4, 0.5) is 5.82 Å². The highest BCUT2D eigenvalue weighted by molar-refractivity contribution is 5.93. The number of anilines is 1. The second kappa shape index (κ2) is 3.45. The molecule has 96 valence electrons. The van der Waals surface area contributed by atoms with Crippen LogP contribution in [0.2, 0.25) is 0 Å². The van der Waals surface area contributed by atoms with Gasteiger partial charge < -0.3 is 15.6 Å². The summed E-state index contributed by atoms with van der Waals surface area (Å²) in [5.41, 5.74) is 7.83. The standard InChI is InChI=1S/C13H14N6/c14-3-8-4-16-11-10(8)12(18-7-17-11)19-5-9(15)13(6-19)1-2-13/h4,7,9H,1-2,5-6,15H2,(H,16,17,18). The number of hydrogen-bond donors (Lipinski definition) is 2. The van der Waals surface area contributed by atoms with E-state index in [0.717, 1.165) is 24.3 Å². The third-order valence-electron chi connectivity index (χ3n) is 4.47. The van der Waals surface area contributed by atoms with Crippen LogP contribution in [-0.2, 0) is 0 Å². The van der Waals surface area contributed by atoms with Gasteiger partial charge in [-0.25, -0.2) is 9.97 Å². The van der Waals surface area contributed by atoms with E-state index in [9.17, 15) is 5.26 Å². The van der Waals surface area contributed by atoms with Crippen molar-refractivity contribution in [1.29, 1.82) is 5.26 Å². The molecule has 3 N–H and O–H groups in total. The van der Waals surface area contributed by atoms with E-state index in [0.29, 0.717) is 16.6 Å². The molecule has 1 aliphatic heterocycles. The zero-order valence-corrected chi connectivity index (χ0v) is 10.4. The van der Waals surface area contributed by atoms with Gasteiger partial charge in [-0.2, -0.15) is 5.26 Å². The summed E-state index contributed by atoms with van der Waals surface area (Å²) in [5.74, 6) is 0.835. The van der Waals surface area contributed by atoms with Crippen molar-refractivity contribution in [3.63, 3.8) is 0 Å². The molecule has 2 fully saturated rings. The van der Waals surface area contributed by atoms with Crippen molar-refractivity contribution in [2.24, 2.45) is 11.1 Å². The van der Waals surface area contributed by atoms with Gasteiger partial charge in [-0.1, -0.05) is 0 Å². The first-order valence-corrected chi connectivity index (χ1v) is 6.46. The summed E-state index contributed by atoms with van der Waals surface area (Å²) in [5, 5.41) is 10.0. The molecule has 19 heavy (non-hydrogen) atoms. The highest BCUT2D eigenvalue weighted by atomic mass is 15.3. The molecule has 2 aromatic rings. The number of aromatic amines is 1. The van der Waals surface area contributed by atoms with E-state index in [1.807, 2.05) is 0 Å². The predicted octanol–water partition coefficient (Wildman–Crippen LogP) is 0.757. The van der Waals surface area contributed by atoms with Gasteiger partial charge in [-0.05, 0) is 12.8 Å². The lowest BCUT2D eigenvalue weighted by molar-refractivity contribution is 0.499. The van der Waals surface area contributed by atoms with Gasteiger partial charge in [-0.3, -0.25) is 0 Å². The van der Waals surface area contributed by atoms with E-state index < -0.39 is 0 Å². The quantitative estimate of drug-likeness (QED) is 0.783. The lowest BCUT2D eigenvalue weighted by Gasteiger charge is -2.17. The minimum atomic E-state index is 0.210. The van der Waals surface area contributed by atoms with Crippen LogP contribution in [0.1, 0.15) is 18.4 Å². The average molecular weight is 254 g/mol. The van der Waals surface area contributed by atoms with E-state index in [4.69, 9.17) is 5.73 Å². The van der Waals surface area contributed by atoms with E-state index >= 15 is 0 Å². The molecule has 0 amide bonds. The van der Waals surface area contributed by atoms with Gasteiger partial charge in [0.2, 0.25) is 0 Å². The summed E-state index contributed by atoms with van der Waals surface area (Å²) >= 11 is 0. The Balaban J connectivity index is 1.83. The van der Waals surface area contributed by atoms with Crippen LogP contribution in [0.5, 0.6) is 0 Å². The number of rotatable bonds is 1. The fourth-order valence-electron chi connectivity index (χ4n) is 3.12. The van der Waals surface area contributed by atoms with Crippen molar-refractivity contribution < 1.29 is 0 Å². The van der Waals surface area contributed by atoms with Crippen LogP contribution in [0.3, 0.4) is 0 Å². The largest absolute Gasteiger partial charge is 0.354 e. The normalized spacial score (nSPS) is 24.0. The van der Waals surface area contributed by atoms with Gasteiger partial charge >= 0.3 is 0 Å². The zero-order chi connectivity index (χ0) is 13.0. The number of H-pyrrole nitrogens is 1. The van der Waals surface area contributed by atoms with Gasteiger partial charge in [0, 0.05) is 30.7 Å². The predicted molar refractivity (Wildman–Crippen MR) is 70.5 cm³/mol. The molecule has 2 aliphatic rings. The lowest BCUT2D eigenvalue weighted by atomic mass is 10.0. The van der Waals surface area contributed by atoms with Gasteiger partial charge in [0.05, 0.1) is 10.9 Å². The summed E-state index contributed by atoms with van der Waals surface area (Å²) in [7, 11) is 0. The first-order valence-electron chi connectivity index (χ1n) is 6.46. The Morgan fingerprint density at radius 2 is 2.32 bits per heavy atom. The molecule has 0 aromatic carbocycles. The number of nitriles is 1. The number of nitrogens with two attached hydrogens (primary N) is 1. The SMILES string of the molecule is N#Cc1c[nH]c2ncnc(N3CC(N)C4(CC4)C3)c12. The summed E-state index contributed by atoms with van der Waals surface area (Å²) < 4.78 is 0. The minimum absolute atomic E-state index is 0.210. The highest BCUT2D eigenvalue weighted by Crippen LogP contribution is 2.52. The molecule has 0 bridgehead atoms. The molecule has 0 radical (unpaired) electrons. The van der Waals surface area contributed by atoms with Crippen molar-refractivity contribution in [2.45, 2.75) is 18.9 Å². The van der Waals surface area contributed by atoms with Crippen molar-refractivity contribution in [3.8, 4) is 6.07 Å². The van der Waals surface area contributed by atoms with E-state index in [1.165, 1.54) is 12.8 Å². The molecule has 4 rings (SSSR count). The second-order valence-corrected chi connectivity index (χ2v) is 5.58. The summed E-state index contributed by atoms with van der Waals surface area (Å²) in [6, 6.07) is 2.40. The van der Waals surface area contributed by atoms with Gasteiger partial charge in [0.25, 0.3) is 0 Å². The van der Waals surface area contributed by atoms with Crippen molar-refractivity contribution in [2.75, 3.05) is 18.0 Å². The van der Waals surface area contributed by atoms with Crippen LogP contribution >= 0.6 is 0 Å². The first kappa shape index (κ1) is 10.8. The highest BCUT2D eigenvalue weighted by Gasteiger charge is 2.54. The van der Waals surface area contributed by atoms with Crippen LogP contribution in [0, 0.1) is 16.7 Å². The third kappa shape index (κ3) is 1.39. The Hall–Kier alpha value is -2.13. The van der Waals surface area contributed by atoms with Crippen LogP contribution in [-0.4, -0.2) is 34.1 Å². The zero-order valence-electron chi connectivity index (χ0n) is 10.4. The molecule has 6 heteroatoms. The number of nitrogens with zero attached hydrogens (tertiary/aromatic N) is 4. The molecule has 1 spiro atoms. The number of aromatic nitrogens is 3. The maximum Gasteiger partial charge on any atom is 0.144 e. The molecule has 2 aromatic heterocycles. The van der Waals surface area contributed by atoms with Gasteiger partial charge in [0.1, 0.15) is 23.9 Å². The Bertz CT molecular complexity index is 693. The fraction of sp³-hybridized carbons (Fsp3) is 0.462. The maximum absolute atomic E-state index is 9.19. The Morgan fingerprint density at radius 3 is 3.00 bits per heavy atom. The average Bonchev–Trinajstić information content (AvgIpc) is 2.96. The van der Waals surface area contributed by atoms with Crippen molar-refractivity contribution in [1.82, 2.24) is 15.0 Å². The number of fused-ring (bicyclic) bond motifs is 1. The lowest BCUT2D eigenvalue weighted by Crippen LogP contribution is -2.30. The summed E-state index contributed by atoms with van der Waals surface area (Å²) in [6.45, 7) is 1.75. The molecule has 1 saturated carbocycles. The molecule has 1 atom stereocenters. The Kier molecular flexibility index (Phi) is 1.96. The Labute approximate surface area is 110 Å². The third-order valence-corrected chi connectivity index (χ3v) is 4.47. The molecular formula is C13H14N6. The van der Waals surface area contributed by atoms with Crippen molar-refractivity contribution >= 4 is 16.9 Å². The number of hydrogen-bond acceptors (Lipinski definition) is 5. The Morgan fingerprint density at radius 1 is 1.47 bits per heavy atom. The van der Waals surface area contributed by atoms with E-state index in [-0.39, 0.29) is 6.04 Å². The molecule has 1 unspecified atom stereocenters. The molecule has 6 nitrogen and oxygen atoms in total. The second-order valence-electron chi connectivity index (χ2n) is 5.58. The summed E-state index contributed by atoms with van der Waals surface area (Å²) in [6.07, 6.45) is 5.64. The molecular weight excluding hydrogens is 240 g/mol. The molecule has 1 saturated heterocycles. The topological polar surface area (TPSA) is 94.6 Å². The summed E-state index contributed by atoms with van der Waals surface area (Å²) in [4.78, 5) is 13.8. The van der Waals surface area contributed by atoms with Gasteiger partial charge in [0.15, 0.2) is 0 Å². The van der Waals surface area contributed by atoms with Crippen LogP contribution in [0.15, 0.2) is 12.5 Å². The van der Waals surface area contributed by atoms with Crippen molar-refractivity contribution in [3.05, 3.63) is 18.1 Å². The van der Waals surface area contributed by atoms with Crippen LogP contribution in [0.25, 0.3) is 11.0 Å². The van der Waals surface area contributed by atoms with E-state index in [1.54, 1.807) is 12.5 Å². The van der Waals surface area contributed by atoms with E-state index in [2.05, 4.69) is 25.9 Å². The maximum atomic E-state index is 9.19. The number of nitrogens with one attached hydrogen (secondary N) is 1. The molecule has 1 aliphatic carbocycles. The van der Waals surface area contributed by atoms with Gasteiger partial charge in [-0.15, -0.1) is 0 Å². The first-order chi connectivity index (χ1) is 9.23. The molecule has 3 heterocycles. The minimum Gasteiger partial charge on any atom is -0.354 e. The smallest absolute Gasteiger partial charge is 0.144 e. The fourth-order valence-corrected chi connectivity index (χ4v) is 3.12. The monoisotopic (exact) mass is 254 g/mol. The van der Waals surface area contributed by atoms with Crippen LogP contribution < -0.4 is 10.6 Å².